The van der Waals surface area contributed by atoms with Gasteiger partial charge in [0.1, 0.15) is 0 Å². The third kappa shape index (κ3) is 3.01. The molecule has 1 heterocycles. The summed E-state index contributed by atoms with van der Waals surface area (Å²) in [5, 5.41) is 4.45. The fraction of sp³-hybridized carbons (Fsp3) is 0.357. The summed E-state index contributed by atoms with van der Waals surface area (Å²) in [6.45, 7) is 4.61. The first-order valence-electron chi connectivity index (χ1n) is 6.14. The molecule has 0 unspecified atom stereocenters. The highest BCUT2D eigenvalue weighted by Crippen LogP contribution is 2.29. The molecule has 5 heteroatoms. The average Bonchev–Trinajstić information content (AvgIpc) is 2.76. The van der Waals surface area contributed by atoms with Gasteiger partial charge in [0.2, 0.25) is 0 Å². The minimum atomic E-state index is -0.445. The highest BCUT2D eigenvalue weighted by atomic mass is 35.5. The van der Waals surface area contributed by atoms with E-state index in [-0.39, 0.29) is 0 Å². The number of methoxy groups -OCH3 is 1. The van der Waals surface area contributed by atoms with Crippen molar-refractivity contribution in [2.24, 2.45) is 0 Å². The van der Waals surface area contributed by atoms with Crippen molar-refractivity contribution in [3.05, 3.63) is 34.5 Å². The van der Waals surface area contributed by atoms with Crippen LogP contribution in [0.3, 0.4) is 0 Å². The molecule has 0 saturated carbocycles. The van der Waals surface area contributed by atoms with Gasteiger partial charge >= 0.3 is 6.09 Å². The van der Waals surface area contributed by atoms with Crippen LogP contribution < -0.4 is 5.32 Å². The van der Waals surface area contributed by atoms with E-state index >= 15 is 0 Å². The van der Waals surface area contributed by atoms with Crippen LogP contribution in [0.5, 0.6) is 0 Å². The molecule has 0 spiro atoms. The van der Waals surface area contributed by atoms with Gasteiger partial charge in [-0.05, 0) is 29.7 Å². The van der Waals surface area contributed by atoms with E-state index in [2.05, 4.69) is 35.0 Å². The molecule has 2 N–H and O–H groups in total. The van der Waals surface area contributed by atoms with Crippen molar-refractivity contribution < 1.29 is 9.53 Å². The van der Waals surface area contributed by atoms with E-state index in [0.29, 0.717) is 12.5 Å². The van der Waals surface area contributed by atoms with Gasteiger partial charge in [-0.25, -0.2) is 4.79 Å². The largest absolute Gasteiger partial charge is 0.453 e. The maximum atomic E-state index is 11.0. The van der Waals surface area contributed by atoms with Crippen LogP contribution in [0.25, 0.3) is 10.9 Å². The van der Waals surface area contributed by atoms with Crippen LogP contribution in [0.2, 0.25) is 5.02 Å². The molecule has 4 nitrogen and oxygen atoms in total. The fourth-order valence-corrected chi connectivity index (χ4v) is 2.40. The van der Waals surface area contributed by atoms with Crippen molar-refractivity contribution >= 4 is 28.6 Å². The quantitative estimate of drug-likeness (QED) is 0.898. The number of nitrogens with one attached hydrogen (secondary N) is 2. The summed E-state index contributed by atoms with van der Waals surface area (Å²) in [5.74, 6) is 0.372. The van der Waals surface area contributed by atoms with Crippen molar-refractivity contribution in [1.29, 1.82) is 0 Å². The van der Waals surface area contributed by atoms with Gasteiger partial charge in [0.05, 0.1) is 13.7 Å². The van der Waals surface area contributed by atoms with Crippen LogP contribution in [0.15, 0.2) is 18.2 Å². The summed E-state index contributed by atoms with van der Waals surface area (Å²) in [6, 6.07) is 5.98. The van der Waals surface area contributed by atoms with Crippen molar-refractivity contribution in [3.8, 4) is 0 Å². The molecule has 0 aliphatic heterocycles. The molecule has 0 fully saturated rings. The Hall–Kier alpha value is -1.68. The maximum Gasteiger partial charge on any atom is 0.407 e. The highest BCUT2D eigenvalue weighted by Gasteiger charge is 2.09. The number of carbonyl (C=O) groups is 1. The molecule has 0 saturated heterocycles. The second kappa shape index (κ2) is 5.53. The number of aromatic nitrogens is 1. The summed E-state index contributed by atoms with van der Waals surface area (Å²) >= 11 is 6.25. The SMILES string of the molecule is COC(=O)NCc1cc2cc(Cl)c(C(C)C)cc2[nH]1. The second-order valence-electron chi connectivity index (χ2n) is 4.76. The lowest BCUT2D eigenvalue weighted by Crippen LogP contribution is -2.22. The Bertz CT molecular complexity index is 605. The Balaban J connectivity index is 2.27. The number of aromatic amines is 1. The summed E-state index contributed by atoms with van der Waals surface area (Å²) in [7, 11) is 1.34. The number of benzene rings is 1. The van der Waals surface area contributed by atoms with Gasteiger partial charge in [-0.2, -0.15) is 0 Å². The number of hydrogen-bond donors (Lipinski definition) is 2. The predicted octanol–water partition coefficient (Wildman–Crippen LogP) is 3.80. The Morgan fingerprint density at radius 1 is 1.42 bits per heavy atom. The first-order valence-corrected chi connectivity index (χ1v) is 6.52. The lowest BCUT2D eigenvalue weighted by Gasteiger charge is -2.07. The lowest BCUT2D eigenvalue weighted by molar-refractivity contribution is 0.170. The van der Waals surface area contributed by atoms with Crippen molar-refractivity contribution in [2.45, 2.75) is 26.3 Å². The number of rotatable bonds is 3. The molecule has 0 bridgehead atoms. The van der Waals surface area contributed by atoms with Crippen LogP contribution in [-0.4, -0.2) is 18.2 Å². The van der Waals surface area contributed by atoms with Gasteiger partial charge in [0, 0.05) is 21.6 Å². The van der Waals surface area contributed by atoms with E-state index in [9.17, 15) is 4.79 Å². The normalized spacial score (nSPS) is 11.0. The molecule has 19 heavy (non-hydrogen) atoms. The monoisotopic (exact) mass is 280 g/mol. The molecular formula is C14H17ClN2O2. The van der Waals surface area contributed by atoms with Gasteiger partial charge in [0.25, 0.3) is 0 Å². The molecule has 2 rings (SSSR count). The van der Waals surface area contributed by atoms with Gasteiger partial charge < -0.3 is 15.0 Å². The van der Waals surface area contributed by atoms with Crippen LogP contribution in [0.1, 0.15) is 31.0 Å². The van der Waals surface area contributed by atoms with Crippen molar-refractivity contribution in [2.75, 3.05) is 7.11 Å². The number of H-pyrrole nitrogens is 1. The fourth-order valence-electron chi connectivity index (χ4n) is 2.01. The van der Waals surface area contributed by atoms with Crippen molar-refractivity contribution in [3.63, 3.8) is 0 Å². The number of carbonyl (C=O) groups excluding carboxylic acids is 1. The van der Waals surface area contributed by atoms with Crippen LogP contribution in [0.4, 0.5) is 4.79 Å². The molecule has 1 amide bonds. The standard InChI is InChI=1S/C14H17ClN2O2/c1-8(2)11-6-13-9(5-12(11)15)4-10(17-13)7-16-14(18)19-3/h4-6,8,17H,7H2,1-3H3,(H,16,18). The number of amides is 1. The first kappa shape index (κ1) is 13.7. The molecule has 102 valence electrons. The van der Waals surface area contributed by atoms with Gasteiger partial charge in [0.15, 0.2) is 0 Å². The molecule has 1 aromatic heterocycles. The van der Waals surface area contributed by atoms with E-state index in [0.717, 1.165) is 27.2 Å². The lowest BCUT2D eigenvalue weighted by atomic mass is 10.0. The summed E-state index contributed by atoms with van der Waals surface area (Å²) in [4.78, 5) is 14.3. The Morgan fingerprint density at radius 2 is 2.16 bits per heavy atom. The summed E-state index contributed by atoms with van der Waals surface area (Å²) in [6.07, 6.45) is -0.445. The van der Waals surface area contributed by atoms with E-state index < -0.39 is 6.09 Å². The molecule has 0 radical (unpaired) electrons. The Labute approximate surface area is 117 Å². The predicted molar refractivity (Wildman–Crippen MR) is 76.6 cm³/mol. The number of alkyl carbamates (subject to hydrolysis) is 1. The highest BCUT2D eigenvalue weighted by molar-refractivity contribution is 6.32. The minimum Gasteiger partial charge on any atom is -0.453 e. The zero-order valence-electron chi connectivity index (χ0n) is 11.2. The third-order valence-electron chi connectivity index (χ3n) is 3.02. The maximum absolute atomic E-state index is 11.0. The van der Waals surface area contributed by atoms with E-state index in [1.807, 2.05) is 12.1 Å². The first-order chi connectivity index (χ1) is 9.01. The number of halogens is 1. The van der Waals surface area contributed by atoms with Crippen molar-refractivity contribution in [1.82, 2.24) is 10.3 Å². The Morgan fingerprint density at radius 3 is 2.79 bits per heavy atom. The zero-order valence-corrected chi connectivity index (χ0v) is 12.0. The molecule has 0 aliphatic carbocycles. The van der Waals surface area contributed by atoms with E-state index in [4.69, 9.17) is 11.6 Å². The average molecular weight is 281 g/mol. The summed E-state index contributed by atoms with van der Waals surface area (Å²) < 4.78 is 4.53. The van der Waals surface area contributed by atoms with Gasteiger partial charge in [-0.15, -0.1) is 0 Å². The van der Waals surface area contributed by atoms with Crippen LogP contribution in [0, 0.1) is 0 Å². The van der Waals surface area contributed by atoms with Gasteiger partial charge in [-0.1, -0.05) is 25.4 Å². The molecule has 0 aliphatic rings. The minimum absolute atomic E-state index is 0.372. The Kier molecular flexibility index (Phi) is 4.00. The smallest absolute Gasteiger partial charge is 0.407 e. The van der Waals surface area contributed by atoms with E-state index in [1.54, 1.807) is 0 Å². The van der Waals surface area contributed by atoms with Crippen LogP contribution >= 0.6 is 11.6 Å². The zero-order chi connectivity index (χ0) is 14.0. The topological polar surface area (TPSA) is 54.1 Å². The second-order valence-corrected chi connectivity index (χ2v) is 5.16. The molecule has 2 aromatic rings. The van der Waals surface area contributed by atoms with Crippen LogP contribution in [-0.2, 0) is 11.3 Å². The molecule has 1 aromatic carbocycles. The van der Waals surface area contributed by atoms with E-state index in [1.165, 1.54) is 7.11 Å². The molecular weight excluding hydrogens is 264 g/mol. The third-order valence-corrected chi connectivity index (χ3v) is 3.35. The van der Waals surface area contributed by atoms with Gasteiger partial charge in [-0.3, -0.25) is 0 Å². The molecule has 0 atom stereocenters. The summed E-state index contributed by atoms with van der Waals surface area (Å²) in [5.41, 5.74) is 3.05. The number of fused-ring (bicyclic) bond motifs is 1. The number of hydrogen-bond acceptors (Lipinski definition) is 2. The number of ether oxygens (including phenoxy) is 1.